The number of hydrogen-bond donors (Lipinski definition) is 0. The van der Waals surface area contributed by atoms with Crippen molar-refractivity contribution >= 4 is 18.0 Å². The standard InChI is InChI=1S/C13H20N2O7/c1-13(2,3)22-12(18)15-9(11(17)21-4)5-8(6-10(15)16)7-14(19)20/h8-9H,5-7H2,1-4H3/t8-,9+/m1/s1. The Balaban J connectivity index is 2.98. The number of rotatable bonds is 3. The fourth-order valence-corrected chi connectivity index (χ4v) is 2.25. The maximum atomic E-state index is 12.1. The maximum Gasteiger partial charge on any atom is 0.417 e. The van der Waals surface area contributed by atoms with Crippen molar-refractivity contribution in [2.75, 3.05) is 13.7 Å². The van der Waals surface area contributed by atoms with Crippen LogP contribution in [0.2, 0.25) is 0 Å². The molecule has 0 aromatic heterocycles. The summed E-state index contributed by atoms with van der Waals surface area (Å²) in [4.78, 5) is 46.8. The van der Waals surface area contributed by atoms with Gasteiger partial charge in [0, 0.05) is 17.3 Å². The van der Waals surface area contributed by atoms with Gasteiger partial charge >= 0.3 is 12.1 Å². The average Bonchev–Trinajstić information content (AvgIpc) is 2.33. The second-order valence-electron chi connectivity index (χ2n) is 6.10. The molecular weight excluding hydrogens is 296 g/mol. The summed E-state index contributed by atoms with van der Waals surface area (Å²) >= 11 is 0. The number of piperidine rings is 1. The molecule has 9 heteroatoms. The monoisotopic (exact) mass is 316 g/mol. The Labute approximate surface area is 127 Å². The van der Waals surface area contributed by atoms with Crippen LogP contribution in [0.1, 0.15) is 33.6 Å². The third-order valence-corrected chi connectivity index (χ3v) is 3.07. The highest BCUT2D eigenvalue weighted by molar-refractivity contribution is 5.98. The van der Waals surface area contributed by atoms with Gasteiger partial charge in [0.25, 0.3) is 0 Å². The quantitative estimate of drug-likeness (QED) is 0.433. The molecule has 0 N–H and O–H groups in total. The summed E-state index contributed by atoms with van der Waals surface area (Å²) in [5.41, 5.74) is -0.838. The van der Waals surface area contributed by atoms with E-state index >= 15 is 0 Å². The van der Waals surface area contributed by atoms with E-state index in [4.69, 9.17) is 4.74 Å². The van der Waals surface area contributed by atoms with Gasteiger partial charge in [-0.05, 0) is 27.2 Å². The van der Waals surface area contributed by atoms with Gasteiger partial charge in [-0.3, -0.25) is 14.9 Å². The summed E-state index contributed by atoms with van der Waals surface area (Å²) < 4.78 is 9.70. The van der Waals surface area contributed by atoms with Gasteiger partial charge in [-0.25, -0.2) is 14.5 Å². The van der Waals surface area contributed by atoms with Crippen LogP contribution in [-0.2, 0) is 19.1 Å². The molecule has 1 aliphatic rings. The van der Waals surface area contributed by atoms with E-state index in [1.165, 1.54) is 0 Å². The molecule has 0 aliphatic carbocycles. The topological polar surface area (TPSA) is 116 Å². The number of ether oxygens (including phenoxy) is 2. The Hall–Kier alpha value is -2.19. The number of nitro groups is 1. The zero-order valence-electron chi connectivity index (χ0n) is 13.0. The summed E-state index contributed by atoms with van der Waals surface area (Å²) in [6.45, 7) is 4.44. The van der Waals surface area contributed by atoms with E-state index in [-0.39, 0.29) is 12.8 Å². The molecular formula is C13H20N2O7. The molecule has 1 rings (SSSR count). The second kappa shape index (κ2) is 6.71. The molecule has 0 radical (unpaired) electrons. The van der Waals surface area contributed by atoms with E-state index in [0.29, 0.717) is 4.90 Å². The van der Waals surface area contributed by atoms with Gasteiger partial charge in [0.1, 0.15) is 11.6 Å². The minimum Gasteiger partial charge on any atom is -0.467 e. The number of nitrogens with zero attached hydrogens (tertiary/aromatic N) is 2. The van der Waals surface area contributed by atoms with Crippen molar-refractivity contribution in [1.29, 1.82) is 0 Å². The summed E-state index contributed by atoms with van der Waals surface area (Å²) in [6, 6.07) is -1.20. The molecule has 0 bridgehead atoms. The number of amides is 2. The molecule has 2 amide bonds. The Kier molecular flexibility index (Phi) is 5.45. The van der Waals surface area contributed by atoms with E-state index in [1.54, 1.807) is 20.8 Å². The van der Waals surface area contributed by atoms with Crippen molar-refractivity contribution < 1.29 is 28.8 Å². The highest BCUT2D eigenvalue weighted by Gasteiger charge is 2.45. The van der Waals surface area contributed by atoms with E-state index in [1.807, 2.05) is 0 Å². The fourth-order valence-electron chi connectivity index (χ4n) is 2.25. The lowest BCUT2D eigenvalue weighted by Gasteiger charge is -2.35. The summed E-state index contributed by atoms with van der Waals surface area (Å²) in [5.74, 6) is -2.10. The lowest BCUT2D eigenvalue weighted by molar-refractivity contribution is -0.488. The molecule has 1 aliphatic heterocycles. The second-order valence-corrected chi connectivity index (χ2v) is 6.10. The molecule has 0 unspecified atom stereocenters. The van der Waals surface area contributed by atoms with Crippen LogP contribution < -0.4 is 0 Å². The number of esters is 1. The first-order valence-electron chi connectivity index (χ1n) is 6.80. The molecule has 1 saturated heterocycles. The van der Waals surface area contributed by atoms with Crippen LogP contribution in [0.5, 0.6) is 0 Å². The van der Waals surface area contributed by atoms with Crippen molar-refractivity contribution in [2.45, 2.75) is 45.3 Å². The molecule has 1 heterocycles. The van der Waals surface area contributed by atoms with Gasteiger partial charge < -0.3 is 9.47 Å². The predicted octanol–water partition coefficient (Wildman–Crippen LogP) is 0.978. The number of methoxy groups -OCH3 is 1. The average molecular weight is 316 g/mol. The van der Waals surface area contributed by atoms with Crippen LogP contribution in [0.15, 0.2) is 0 Å². The zero-order chi connectivity index (χ0) is 17.1. The van der Waals surface area contributed by atoms with Crippen molar-refractivity contribution in [3.05, 3.63) is 10.1 Å². The minimum absolute atomic E-state index is 0.0152. The number of hydrogen-bond acceptors (Lipinski definition) is 7. The fraction of sp³-hybridized carbons (Fsp3) is 0.769. The summed E-state index contributed by atoms with van der Waals surface area (Å²) in [6.07, 6.45) is -1.15. The number of likely N-dealkylation sites (tertiary alicyclic amines) is 1. The predicted molar refractivity (Wildman–Crippen MR) is 73.5 cm³/mol. The molecule has 0 aromatic rings. The van der Waals surface area contributed by atoms with Crippen LogP contribution in [0.25, 0.3) is 0 Å². The van der Waals surface area contributed by atoms with Gasteiger partial charge in [-0.2, -0.15) is 0 Å². The zero-order valence-corrected chi connectivity index (χ0v) is 13.0. The van der Waals surface area contributed by atoms with E-state index in [2.05, 4.69) is 4.74 Å². The first-order valence-corrected chi connectivity index (χ1v) is 6.80. The third-order valence-electron chi connectivity index (χ3n) is 3.07. The van der Waals surface area contributed by atoms with Crippen molar-refractivity contribution in [2.24, 2.45) is 5.92 Å². The first-order chi connectivity index (χ1) is 10.0. The van der Waals surface area contributed by atoms with Crippen molar-refractivity contribution in [3.63, 3.8) is 0 Å². The molecule has 22 heavy (non-hydrogen) atoms. The lowest BCUT2D eigenvalue weighted by atomic mass is 9.90. The van der Waals surface area contributed by atoms with Gasteiger partial charge in [0.05, 0.1) is 7.11 Å². The van der Waals surface area contributed by atoms with Gasteiger partial charge in [0.15, 0.2) is 0 Å². The van der Waals surface area contributed by atoms with Crippen LogP contribution in [-0.4, -0.2) is 53.1 Å². The molecule has 2 atom stereocenters. The first kappa shape index (κ1) is 17.9. The maximum absolute atomic E-state index is 12.1. The highest BCUT2D eigenvalue weighted by Crippen LogP contribution is 2.27. The normalized spacial score (nSPS) is 22.2. The molecule has 1 fully saturated rings. The number of carbonyl (C=O) groups excluding carboxylic acids is 3. The molecule has 0 aromatic carbocycles. The van der Waals surface area contributed by atoms with E-state index in [9.17, 15) is 24.5 Å². The van der Waals surface area contributed by atoms with E-state index in [0.717, 1.165) is 7.11 Å². The van der Waals surface area contributed by atoms with Gasteiger partial charge in [0.2, 0.25) is 12.5 Å². The van der Waals surface area contributed by atoms with E-state index < -0.39 is 47.0 Å². The third kappa shape index (κ3) is 4.68. The SMILES string of the molecule is COC(=O)[C@@H]1C[C@@H](C[N+](=O)[O-])CC(=O)N1C(=O)OC(C)(C)C. The Morgan fingerprint density at radius 3 is 2.45 bits per heavy atom. The smallest absolute Gasteiger partial charge is 0.417 e. The van der Waals surface area contributed by atoms with Crippen LogP contribution in [0, 0.1) is 16.0 Å². The highest BCUT2D eigenvalue weighted by atomic mass is 16.6. The van der Waals surface area contributed by atoms with Gasteiger partial charge in [-0.1, -0.05) is 0 Å². The number of carbonyl (C=O) groups is 3. The Morgan fingerprint density at radius 1 is 1.41 bits per heavy atom. The summed E-state index contributed by atoms with van der Waals surface area (Å²) in [7, 11) is 1.12. The van der Waals surface area contributed by atoms with Crippen LogP contribution in [0.3, 0.4) is 0 Å². The molecule has 124 valence electrons. The minimum atomic E-state index is -1.20. The van der Waals surface area contributed by atoms with Gasteiger partial charge in [-0.15, -0.1) is 0 Å². The molecule has 0 saturated carbocycles. The Morgan fingerprint density at radius 2 is 2.00 bits per heavy atom. The van der Waals surface area contributed by atoms with Crippen LogP contribution >= 0.6 is 0 Å². The van der Waals surface area contributed by atoms with Crippen molar-refractivity contribution in [3.8, 4) is 0 Å². The summed E-state index contributed by atoms with van der Waals surface area (Å²) in [5, 5.41) is 10.6. The van der Waals surface area contributed by atoms with Crippen LogP contribution in [0.4, 0.5) is 4.79 Å². The Bertz CT molecular complexity index is 483. The van der Waals surface area contributed by atoms with Crippen molar-refractivity contribution in [1.82, 2.24) is 4.90 Å². The largest absolute Gasteiger partial charge is 0.467 e. The number of imide groups is 1. The molecule has 0 spiro atoms. The molecule has 9 nitrogen and oxygen atoms in total. The lowest BCUT2D eigenvalue weighted by Crippen LogP contribution is -2.55.